The molecule has 1 aromatic heterocycles. The molecule has 2 rings (SSSR count). The predicted octanol–water partition coefficient (Wildman–Crippen LogP) is 3.09. The smallest absolute Gasteiger partial charge is 0.255 e. The number of anilines is 1. The molecule has 0 aliphatic rings. The average Bonchev–Trinajstić information content (AvgIpc) is 2.98. The quantitative estimate of drug-likeness (QED) is 0.854. The average molecular weight is 314 g/mol. The second-order valence-electron chi connectivity index (χ2n) is 5.77. The van der Waals surface area contributed by atoms with Crippen molar-refractivity contribution in [1.82, 2.24) is 14.7 Å². The molecule has 1 aromatic carbocycles. The lowest BCUT2D eigenvalue weighted by Gasteiger charge is -2.17. The zero-order chi connectivity index (χ0) is 16.8. The van der Waals surface area contributed by atoms with Crippen molar-refractivity contribution >= 4 is 11.6 Å². The number of nitrogens with one attached hydrogen (secondary N) is 1. The standard InChI is InChI=1S/C18H26N4O/c1-5-21(6-2)9-10-22-13-17(12-19-22)20-18(23)16-8-7-14(3)15(4)11-16/h7-8,11-13H,5-6,9-10H2,1-4H3,(H,20,23). The molecule has 0 atom stereocenters. The van der Waals surface area contributed by atoms with Crippen LogP contribution in [0.3, 0.4) is 0 Å². The van der Waals surface area contributed by atoms with E-state index in [0.29, 0.717) is 5.56 Å². The number of aromatic nitrogens is 2. The van der Waals surface area contributed by atoms with Crippen LogP contribution in [0.1, 0.15) is 35.3 Å². The van der Waals surface area contributed by atoms with Gasteiger partial charge in [0.1, 0.15) is 0 Å². The van der Waals surface area contributed by atoms with E-state index in [0.717, 1.165) is 37.4 Å². The van der Waals surface area contributed by atoms with Crippen molar-refractivity contribution in [3.8, 4) is 0 Å². The Kier molecular flexibility index (Phi) is 5.93. The van der Waals surface area contributed by atoms with Crippen molar-refractivity contribution in [3.05, 3.63) is 47.3 Å². The van der Waals surface area contributed by atoms with Gasteiger partial charge in [-0.1, -0.05) is 19.9 Å². The number of carbonyl (C=O) groups excluding carboxylic acids is 1. The molecule has 0 saturated heterocycles. The number of carbonyl (C=O) groups is 1. The number of hydrogen-bond donors (Lipinski definition) is 1. The van der Waals surface area contributed by atoms with Crippen LogP contribution in [0.5, 0.6) is 0 Å². The molecule has 0 aliphatic carbocycles. The zero-order valence-corrected chi connectivity index (χ0v) is 14.5. The van der Waals surface area contributed by atoms with Crippen LogP contribution in [0.25, 0.3) is 0 Å². The Hall–Kier alpha value is -2.14. The number of rotatable bonds is 7. The summed E-state index contributed by atoms with van der Waals surface area (Å²) in [5.41, 5.74) is 3.70. The summed E-state index contributed by atoms with van der Waals surface area (Å²) in [7, 11) is 0. The summed E-state index contributed by atoms with van der Waals surface area (Å²) in [4.78, 5) is 14.6. The Labute approximate surface area is 138 Å². The number of benzene rings is 1. The molecule has 124 valence electrons. The van der Waals surface area contributed by atoms with Crippen molar-refractivity contribution < 1.29 is 4.79 Å². The normalized spacial score (nSPS) is 11.0. The van der Waals surface area contributed by atoms with Crippen LogP contribution in [-0.4, -0.2) is 40.2 Å². The van der Waals surface area contributed by atoms with E-state index in [-0.39, 0.29) is 5.91 Å². The molecule has 0 unspecified atom stereocenters. The lowest BCUT2D eigenvalue weighted by atomic mass is 10.1. The first-order valence-electron chi connectivity index (χ1n) is 8.17. The van der Waals surface area contributed by atoms with Gasteiger partial charge in [-0.15, -0.1) is 0 Å². The minimum atomic E-state index is -0.101. The van der Waals surface area contributed by atoms with Gasteiger partial charge in [-0.25, -0.2) is 0 Å². The number of nitrogens with zero attached hydrogens (tertiary/aromatic N) is 3. The summed E-state index contributed by atoms with van der Waals surface area (Å²) in [6, 6.07) is 5.73. The monoisotopic (exact) mass is 314 g/mol. The summed E-state index contributed by atoms with van der Waals surface area (Å²) in [5, 5.41) is 7.22. The van der Waals surface area contributed by atoms with E-state index in [1.165, 1.54) is 5.56 Å². The zero-order valence-electron chi connectivity index (χ0n) is 14.5. The van der Waals surface area contributed by atoms with E-state index in [1.54, 1.807) is 6.20 Å². The lowest BCUT2D eigenvalue weighted by molar-refractivity contribution is 0.102. The van der Waals surface area contributed by atoms with Gasteiger partial charge in [-0.3, -0.25) is 9.48 Å². The van der Waals surface area contributed by atoms with Crippen molar-refractivity contribution in [1.29, 1.82) is 0 Å². The first kappa shape index (κ1) is 17.2. The van der Waals surface area contributed by atoms with E-state index >= 15 is 0 Å². The Morgan fingerprint density at radius 1 is 1.22 bits per heavy atom. The molecule has 2 aromatic rings. The van der Waals surface area contributed by atoms with E-state index in [4.69, 9.17) is 0 Å². The van der Waals surface area contributed by atoms with Gasteiger partial charge in [0, 0.05) is 18.3 Å². The Morgan fingerprint density at radius 2 is 1.96 bits per heavy atom. The Bertz CT molecular complexity index is 659. The van der Waals surface area contributed by atoms with Crippen molar-refractivity contribution in [2.45, 2.75) is 34.2 Å². The molecule has 0 spiro atoms. The summed E-state index contributed by atoms with van der Waals surface area (Å²) < 4.78 is 1.87. The van der Waals surface area contributed by atoms with Crippen molar-refractivity contribution in [2.24, 2.45) is 0 Å². The van der Waals surface area contributed by atoms with Gasteiger partial charge in [0.25, 0.3) is 5.91 Å². The SMILES string of the molecule is CCN(CC)CCn1cc(NC(=O)c2ccc(C)c(C)c2)cn1. The van der Waals surface area contributed by atoms with Crippen molar-refractivity contribution in [2.75, 3.05) is 25.0 Å². The van der Waals surface area contributed by atoms with E-state index in [9.17, 15) is 4.79 Å². The van der Waals surface area contributed by atoms with E-state index in [1.807, 2.05) is 42.9 Å². The van der Waals surface area contributed by atoms with E-state index in [2.05, 4.69) is 29.2 Å². The van der Waals surface area contributed by atoms with E-state index < -0.39 is 0 Å². The highest BCUT2D eigenvalue weighted by atomic mass is 16.1. The first-order valence-corrected chi connectivity index (χ1v) is 8.17. The fourth-order valence-electron chi connectivity index (χ4n) is 2.42. The third kappa shape index (κ3) is 4.66. The molecule has 5 nitrogen and oxygen atoms in total. The fourth-order valence-corrected chi connectivity index (χ4v) is 2.42. The Morgan fingerprint density at radius 3 is 2.61 bits per heavy atom. The highest BCUT2D eigenvalue weighted by Crippen LogP contribution is 2.12. The molecule has 23 heavy (non-hydrogen) atoms. The first-order chi connectivity index (χ1) is 11.0. The maximum absolute atomic E-state index is 12.3. The summed E-state index contributed by atoms with van der Waals surface area (Å²) in [5.74, 6) is -0.101. The molecule has 0 bridgehead atoms. The van der Waals surface area contributed by atoms with Gasteiger partial charge >= 0.3 is 0 Å². The number of hydrogen-bond acceptors (Lipinski definition) is 3. The van der Waals surface area contributed by atoms with Crippen LogP contribution in [0.15, 0.2) is 30.6 Å². The van der Waals surface area contributed by atoms with Gasteiger partial charge < -0.3 is 10.2 Å². The number of amides is 1. The van der Waals surface area contributed by atoms with Gasteiger partial charge in [0.05, 0.1) is 18.4 Å². The molecule has 0 fully saturated rings. The molecule has 1 N–H and O–H groups in total. The summed E-state index contributed by atoms with van der Waals surface area (Å²) in [6.07, 6.45) is 3.57. The number of likely N-dealkylation sites (N-methyl/N-ethyl adjacent to an activating group) is 1. The highest BCUT2D eigenvalue weighted by Gasteiger charge is 2.09. The molecule has 1 heterocycles. The molecular formula is C18H26N4O. The highest BCUT2D eigenvalue weighted by molar-refractivity contribution is 6.04. The molecule has 0 aliphatic heterocycles. The minimum Gasteiger partial charge on any atom is -0.319 e. The van der Waals surface area contributed by atoms with Crippen LogP contribution in [0.4, 0.5) is 5.69 Å². The van der Waals surface area contributed by atoms with Gasteiger partial charge in [-0.05, 0) is 50.2 Å². The van der Waals surface area contributed by atoms with Crippen LogP contribution in [0, 0.1) is 13.8 Å². The van der Waals surface area contributed by atoms with Crippen molar-refractivity contribution in [3.63, 3.8) is 0 Å². The van der Waals surface area contributed by atoms with Crippen LogP contribution < -0.4 is 5.32 Å². The topological polar surface area (TPSA) is 50.2 Å². The Balaban J connectivity index is 1.95. The van der Waals surface area contributed by atoms with Gasteiger partial charge in [0.2, 0.25) is 0 Å². The molecule has 5 heteroatoms. The van der Waals surface area contributed by atoms with Crippen LogP contribution in [0.2, 0.25) is 0 Å². The molecule has 0 radical (unpaired) electrons. The maximum atomic E-state index is 12.3. The minimum absolute atomic E-state index is 0.101. The maximum Gasteiger partial charge on any atom is 0.255 e. The van der Waals surface area contributed by atoms with Crippen LogP contribution in [-0.2, 0) is 6.54 Å². The molecule has 0 saturated carbocycles. The predicted molar refractivity (Wildman–Crippen MR) is 93.9 cm³/mol. The third-order valence-electron chi connectivity index (χ3n) is 4.20. The summed E-state index contributed by atoms with van der Waals surface area (Å²) in [6.45, 7) is 12.2. The second-order valence-corrected chi connectivity index (χ2v) is 5.77. The lowest BCUT2D eigenvalue weighted by Crippen LogP contribution is -2.27. The number of aryl methyl sites for hydroxylation is 2. The van der Waals surface area contributed by atoms with Gasteiger partial charge in [-0.2, -0.15) is 5.10 Å². The molecule has 1 amide bonds. The van der Waals surface area contributed by atoms with Crippen LogP contribution >= 0.6 is 0 Å². The second kappa shape index (κ2) is 7.92. The fraction of sp³-hybridized carbons (Fsp3) is 0.444. The summed E-state index contributed by atoms with van der Waals surface area (Å²) >= 11 is 0. The third-order valence-corrected chi connectivity index (χ3v) is 4.20. The largest absolute Gasteiger partial charge is 0.319 e. The van der Waals surface area contributed by atoms with Gasteiger partial charge in [0.15, 0.2) is 0 Å². The molecular weight excluding hydrogens is 288 g/mol.